The smallest absolute Gasteiger partial charge is 0.303 e. The highest BCUT2D eigenvalue weighted by Crippen LogP contribution is 2.29. The van der Waals surface area contributed by atoms with Crippen molar-refractivity contribution >= 4 is 23.8 Å². The molecule has 176 valence electrons. The van der Waals surface area contributed by atoms with E-state index in [9.17, 15) is 24.3 Å². The summed E-state index contributed by atoms with van der Waals surface area (Å²) in [4.78, 5) is 46.7. The number of amides is 1. The molecule has 1 amide bonds. The first-order valence-electron chi connectivity index (χ1n) is 10.3. The Balaban J connectivity index is 2.06. The Kier molecular flexibility index (Phi) is 9.61. The summed E-state index contributed by atoms with van der Waals surface area (Å²) >= 11 is 0. The molecular formula is C22H29NO9. The maximum absolute atomic E-state index is 12.3. The van der Waals surface area contributed by atoms with E-state index < -0.39 is 48.4 Å². The standard InChI is InChI=1S/C22H29NO9/c1-13(24)29-12-18-21(30-14(2)25)22(31-15(3)26)20(28)17(32-18)9-10-19(27)23-11-16-7-5-4-6-8-16/h4-8,17-18,20-22,28H,9-12H2,1-3H3,(H,23,27)/t17-,18-,20+,21-,22-/m1/s1. The number of carbonyl (C=O) groups is 4. The summed E-state index contributed by atoms with van der Waals surface area (Å²) in [5, 5.41) is 13.5. The lowest BCUT2D eigenvalue weighted by Gasteiger charge is -2.43. The second-order valence-corrected chi connectivity index (χ2v) is 7.46. The molecule has 1 saturated heterocycles. The van der Waals surface area contributed by atoms with Gasteiger partial charge in [0.05, 0.1) is 6.10 Å². The summed E-state index contributed by atoms with van der Waals surface area (Å²) in [6.07, 6.45) is -5.58. The molecule has 0 radical (unpaired) electrons. The SMILES string of the molecule is CC(=O)OC[C@H]1O[C@H](CCC(=O)NCc2ccccc2)[C@H](O)[C@@H](OC(C)=O)[C@@H]1OC(C)=O. The Labute approximate surface area is 186 Å². The summed E-state index contributed by atoms with van der Waals surface area (Å²) in [7, 11) is 0. The zero-order valence-corrected chi connectivity index (χ0v) is 18.3. The Morgan fingerprint density at radius 3 is 2.16 bits per heavy atom. The molecule has 1 aliphatic rings. The number of hydrogen-bond acceptors (Lipinski definition) is 9. The molecule has 10 nitrogen and oxygen atoms in total. The van der Waals surface area contributed by atoms with Crippen molar-refractivity contribution in [1.29, 1.82) is 0 Å². The van der Waals surface area contributed by atoms with Gasteiger partial charge in [0.25, 0.3) is 0 Å². The minimum atomic E-state index is -1.36. The van der Waals surface area contributed by atoms with Crippen LogP contribution < -0.4 is 5.32 Å². The summed E-state index contributed by atoms with van der Waals surface area (Å²) in [6.45, 7) is 3.59. The Morgan fingerprint density at radius 1 is 0.938 bits per heavy atom. The van der Waals surface area contributed by atoms with Crippen molar-refractivity contribution in [3.63, 3.8) is 0 Å². The summed E-state index contributed by atoms with van der Waals surface area (Å²) in [5.41, 5.74) is 0.940. The fourth-order valence-corrected chi connectivity index (χ4v) is 3.39. The van der Waals surface area contributed by atoms with E-state index in [0.717, 1.165) is 19.4 Å². The van der Waals surface area contributed by atoms with Crippen LogP contribution in [0.15, 0.2) is 30.3 Å². The molecule has 10 heteroatoms. The van der Waals surface area contributed by atoms with Gasteiger partial charge in [0.1, 0.15) is 18.8 Å². The van der Waals surface area contributed by atoms with Crippen molar-refractivity contribution in [3.8, 4) is 0 Å². The van der Waals surface area contributed by atoms with E-state index in [1.807, 2.05) is 30.3 Å². The first kappa shape index (κ1) is 25.3. The van der Waals surface area contributed by atoms with Crippen LogP contribution in [-0.4, -0.2) is 66.0 Å². The van der Waals surface area contributed by atoms with Crippen LogP contribution in [0.4, 0.5) is 0 Å². The maximum atomic E-state index is 12.3. The van der Waals surface area contributed by atoms with Crippen molar-refractivity contribution in [2.45, 2.75) is 70.7 Å². The highest BCUT2D eigenvalue weighted by molar-refractivity contribution is 5.75. The number of hydrogen-bond donors (Lipinski definition) is 2. The van der Waals surface area contributed by atoms with Crippen LogP contribution in [-0.2, 0) is 44.7 Å². The van der Waals surface area contributed by atoms with Crippen LogP contribution in [0.3, 0.4) is 0 Å². The number of carbonyl (C=O) groups excluding carboxylic acids is 4. The molecule has 1 aliphatic heterocycles. The van der Waals surface area contributed by atoms with E-state index in [1.54, 1.807) is 0 Å². The Bertz CT molecular complexity index is 798. The predicted molar refractivity (Wildman–Crippen MR) is 110 cm³/mol. The van der Waals surface area contributed by atoms with Gasteiger partial charge in [0, 0.05) is 33.7 Å². The highest BCUT2D eigenvalue weighted by Gasteiger charge is 2.49. The zero-order chi connectivity index (χ0) is 23.7. The molecule has 1 heterocycles. The minimum Gasteiger partial charge on any atom is -0.463 e. The number of aliphatic hydroxyl groups is 1. The minimum absolute atomic E-state index is 0.0276. The van der Waals surface area contributed by atoms with E-state index in [-0.39, 0.29) is 25.4 Å². The highest BCUT2D eigenvalue weighted by atomic mass is 16.6. The molecule has 0 unspecified atom stereocenters. The molecule has 0 saturated carbocycles. The number of ether oxygens (including phenoxy) is 4. The van der Waals surface area contributed by atoms with Crippen LogP contribution in [0.25, 0.3) is 0 Å². The van der Waals surface area contributed by atoms with Crippen LogP contribution in [0.2, 0.25) is 0 Å². The number of benzene rings is 1. The monoisotopic (exact) mass is 451 g/mol. The molecule has 5 atom stereocenters. The first-order chi connectivity index (χ1) is 15.2. The zero-order valence-electron chi connectivity index (χ0n) is 18.3. The van der Waals surface area contributed by atoms with Gasteiger partial charge < -0.3 is 29.4 Å². The van der Waals surface area contributed by atoms with E-state index in [4.69, 9.17) is 18.9 Å². The summed E-state index contributed by atoms with van der Waals surface area (Å²) < 4.78 is 21.2. The molecule has 1 aromatic rings. The fraction of sp³-hybridized carbons (Fsp3) is 0.545. The molecule has 0 bridgehead atoms. The lowest BCUT2D eigenvalue weighted by molar-refractivity contribution is -0.248. The second-order valence-electron chi connectivity index (χ2n) is 7.46. The lowest BCUT2D eigenvalue weighted by Crippen LogP contribution is -2.61. The molecule has 2 rings (SSSR count). The van der Waals surface area contributed by atoms with Gasteiger partial charge in [-0.3, -0.25) is 19.2 Å². The third-order valence-corrected chi connectivity index (χ3v) is 4.80. The second kappa shape index (κ2) is 12.2. The van der Waals surface area contributed by atoms with Crippen molar-refractivity contribution in [3.05, 3.63) is 35.9 Å². The molecule has 1 aromatic carbocycles. The molecule has 0 spiro atoms. The molecule has 32 heavy (non-hydrogen) atoms. The molecule has 0 aromatic heterocycles. The van der Waals surface area contributed by atoms with E-state index in [0.29, 0.717) is 6.54 Å². The molecular weight excluding hydrogens is 422 g/mol. The third-order valence-electron chi connectivity index (χ3n) is 4.80. The fourth-order valence-electron chi connectivity index (χ4n) is 3.39. The van der Waals surface area contributed by atoms with Crippen molar-refractivity contribution in [2.24, 2.45) is 0 Å². The molecule has 1 fully saturated rings. The summed E-state index contributed by atoms with van der Waals surface area (Å²) in [5.74, 6) is -2.22. The first-order valence-corrected chi connectivity index (χ1v) is 10.3. The van der Waals surface area contributed by atoms with Gasteiger partial charge in [-0.05, 0) is 12.0 Å². The van der Waals surface area contributed by atoms with E-state index in [1.165, 1.54) is 6.92 Å². The molecule has 2 N–H and O–H groups in total. The largest absolute Gasteiger partial charge is 0.463 e. The third kappa shape index (κ3) is 7.93. The Hall–Kier alpha value is -2.98. The lowest BCUT2D eigenvalue weighted by atomic mass is 9.92. The number of nitrogens with one attached hydrogen (secondary N) is 1. The van der Waals surface area contributed by atoms with Crippen LogP contribution in [0, 0.1) is 0 Å². The average molecular weight is 451 g/mol. The number of rotatable bonds is 9. The van der Waals surface area contributed by atoms with Gasteiger partial charge >= 0.3 is 17.9 Å². The van der Waals surface area contributed by atoms with Gasteiger partial charge in [-0.15, -0.1) is 0 Å². The van der Waals surface area contributed by atoms with E-state index in [2.05, 4.69) is 5.32 Å². The van der Waals surface area contributed by atoms with Crippen LogP contribution in [0.1, 0.15) is 39.2 Å². The predicted octanol–water partition coefficient (Wildman–Crippen LogP) is 0.638. The number of aliphatic hydroxyl groups excluding tert-OH is 1. The molecule has 0 aliphatic carbocycles. The topological polar surface area (TPSA) is 137 Å². The van der Waals surface area contributed by atoms with Crippen LogP contribution >= 0.6 is 0 Å². The average Bonchev–Trinajstić information content (AvgIpc) is 2.73. The van der Waals surface area contributed by atoms with Gasteiger partial charge in [-0.2, -0.15) is 0 Å². The van der Waals surface area contributed by atoms with Crippen LogP contribution in [0.5, 0.6) is 0 Å². The maximum Gasteiger partial charge on any atom is 0.303 e. The van der Waals surface area contributed by atoms with Gasteiger partial charge in [-0.1, -0.05) is 30.3 Å². The van der Waals surface area contributed by atoms with Crippen molar-refractivity contribution in [1.82, 2.24) is 5.32 Å². The van der Waals surface area contributed by atoms with Crippen molar-refractivity contribution < 1.29 is 43.2 Å². The summed E-state index contributed by atoms with van der Waals surface area (Å²) in [6, 6.07) is 9.37. The van der Waals surface area contributed by atoms with Gasteiger partial charge in [0.2, 0.25) is 5.91 Å². The van der Waals surface area contributed by atoms with Gasteiger partial charge in [0.15, 0.2) is 12.2 Å². The Morgan fingerprint density at radius 2 is 1.56 bits per heavy atom. The van der Waals surface area contributed by atoms with Crippen molar-refractivity contribution in [2.75, 3.05) is 6.61 Å². The van der Waals surface area contributed by atoms with Gasteiger partial charge in [-0.25, -0.2) is 0 Å². The quantitative estimate of drug-likeness (QED) is 0.409. The normalized spacial score (nSPS) is 24.8. The number of esters is 3. The van der Waals surface area contributed by atoms with E-state index >= 15 is 0 Å².